The van der Waals surface area contributed by atoms with Gasteiger partial charge in [-0.25, -0.2) is 0 Å². The molecule has 4 heteroatoms. The van der Waals surface area contributed by atoms with Crippen molar-refractivity contribution in [2.24, 2.45) is 5.92 Å². The summed E-state index contributed by atoms with van der Waals surface area (Å²) in [5, 5.41) is 10.7. The van der Waals surface area contributed by atoms with Crippen LogP contribution in [-0.4, -0.2) is 22.5 Å². The van der Waals surface area contributed by atoms with Gasteiger partial charge in [0.05, 0.1) is 0 Å². The maximum Gasteiger partial charge on any atom is 0.290 e. The van der Waals surface area contributed by atoms with Gasteiger partial charge in [0.15, 0.2) is 5.76 Å². The molecule has 1 amide bonds. The second kappa shape index (κ2) is 6.52. The molecule has 0 saturated heterocycles. The molecule has 1 aromatic heterocycles. The second-order valence-corrected chi connectivity index (χ2v) is 7.31. The number of benzene rings is 2. The maximum atomic E-state index is 13.3. The average Bonchev–Trinajstić information content (AvgIpc) is 3.37. The summed E-state index contributed by atoms with van der Waals surface area (Å²) in [5.41, 5.74) is 3.64. The minimum Gasteiger partial charge on any atom is -0.508 e. The molecule has 26 heavy (non-hydrogen) atoms. The van der Waals surface area contributed by atoms with Gasteiger partial charge < -0.3 is 14.4 Å². The van der Waals surface area contributed by atoms with Crippen LogP contribution in [-0.2, 0) is 6.54 Å². The summed E-state index contributed by atoms with van der Waals surface area (Å²) >= 11 is 0. The quantitative estimate of drug-likeness (QED) is 0.719. The van der Waals surface area contributed by atoms with Crippen molar-refractivity contribution >= 4 is 16.9 Å². The van der Waals surface area contributed by atoms with Crippen molar-refractivity contribution in [3.8, 4) is 5.75 Å². The van der Waals surface area contributed by atoms with E-state index in [1.54, 1.807) is 18.2 Å². The number of carbonyl (C=O) groups excluding carboxylic acids is 1. The summed E-state index contributed by atoms with van der Waals surface area (Å²) in [6.07, 6.45) is 2.34. The predicted octanol–water partition coefficient (Wildman–Crippen LogP) is 4.81. The van der Waals surface area contributed by atoms with Gasteiger partial charge in [0, 0.05) is 24.0 Å². The first kappa shape index (κ1) is 16.7. The van der Waals surface area contributed by atoms with E-state index in [1.807, 2.05) is 43.0 Å². The van der Waals surface area contributed by atoms with Crippen molar-refractivity contribution in [3.63, 3.8) is 0 Å². The Kier molecular flexibility index (Phi) is 4.19. The lowest BCUT2D eigenvalue weighted by atomic mass is 10.1. The molecule has 1 heterocycles. The van der Waals surface area contributed by atoms with Gasteiger partial charge in [-0.2, -0.15) is 0 Å². The number of nitrogens with zero attached hydrogens (tertiary/aromatic N) is 1. The summed E-state index contributed by atoms with van der Waals surface area (Å²) in [5.74, 6) is 1.14. The van der Waals surface area contributed by atoms with E-state index in [1.165, 1.54) is 12.8 Å². The van der Waals surface area contributed by atoms with Gasteiger partial charge in [-0.05, 0) is 55.9 Å². The van der Waals surface area contributed by atoms with Gasteiger partial charge in [-0.15, -0.1) is 0 Å². The van der Waals surface area contributed by atoms with E-state index in [2.05, 4.69) is 0 Å². The van der Waals surface area contributed by atoms with E-state index in [9.17, 15) is 9.90 Å². The van der Waals surface area contributed by atoms with Crippen LogP contribution in [0.25, 0.3) is 11.0 Å². The summed E-state index contributed by atoms with van der Waals surface area (Å²) in [6.45, 7) is 5.14. The normalized spacial score (nSPS) is 13.9. The highest BCUT2D eigenvalue weighted by molar-refractivity contribution is 5.99. The molecule has 3 aromatic rings. The highest BCUT2D eigenvalue weighted by Crippen LogP contribution is 2.33. The lowest BCUT2D eigenvalue weighted by molar-refractivity contribution is 0.0704. The molecule has 0 aliphatic heterocycles. The lowest BCUT2D eigenvalue weighted by Crippen LogP contribution is -2.32. The number of phenols is 1. The fourth-order valence-electron chi connectivity index (χ4n) is 3.44. The zero-order valence-corrected chi connectivity index (χ0v) is 15.2. The summed E-state index contributed by atoms with van der Waals surface area (Å²) in [7, 11) is 0. The van der Waals surface area contributed by atoms with Crippen LogP contribution in [0.5, 0.6) is 5.75 Å². The Morgan fingerprint density at radius 3 is 2.65 bits per heavy atom. The fourth-order valence-corrected chi connectivity index (χ4v) is 3.44. The third-order valence-electron chi connectivity index (χ3n) is 5.10. The molecule has 0 unspecified atom stereocenters. The second-order valence-electron chi connectivity index (χ2n) is 7.31. The van der Waals surface area contributed by atoms with Crippen LogP contribution in [0.1, 0.15) is 40.1 Å². The third kappa shape index (κ3) is 3.19. The zero-order valence-electron chi connectivity index (χ0n) is 15.2. The molecule has 1 aliphatic carbocycles. The van der Waals surface area contributed by atoms with E-state index in [0.717, 1.165) is 34.2 Å². The molecular formula is C22H23NO3. The first-order chi connectivity index (χ1) is 12.5. The SMILES string of the molecule is Cc1c(C(=O)N(Cc2cccc(O)c2)CC2CC2)oc2c(C)cccc12. The van der Waals surface area contributed by atoms with Gasteiger partial charge in [-0.1, -0.05) is 30.3 Å². The number of carbonyl (C=O) groups is 1. The highest BCUT2D eigenvalue weighted by Gasteiger charge is 2.30. The first-order valence-electron chi connectivity index (χ1n) is 9.09. The Morgan fingerprint density at radius 2 is 1.96 bits per heavy atom. The number of amides is 1. The van der Waals surface area contributed by atoms with E-state index in [0.29, 0.717) is 18.2 Å². The molecule has 0 atom stereocenters. The Balaban J connectivity index is 1.68. The monoisotopic (exact) mass is 349 g/mol. The molecular weight excluding hydrogens is 326 g/mol. The molecule has 4 rings (SSSR count). The number of phenolic OH excluding ortho intramolecular Hbond substituents is 1. The largest absolute Gasteiger partial charge is 0.508 e. The summed E-state index contributed by atoms with van der Waals surface area (Å²) < 4.78 is 6.00. The summed E-state index contributed by atoms with van der Waals surface area (Å²) in [6, 6.07) is 13.1. The van der Waals surface area contributed by atoms with Crippen LogP contribution < -0.4 is 0 Å². The zero-order chi connectivity index (χ0) is 18.3. The van der Waals surface area contributed by atoms with Gasteiger partial charge in [0.1, 0.15) is 11.3 Å². The van der Waals surface area contributed by atoms with Gasteiger partial charge in [0.2, 0.25) is 0 Å². The number of hydrogen-bond acceptors (Lipinski definition) is 3. The standard InChI is InChI=1S/C22H23NO3/c1-14-5-3-8-19-15(2)21(26-20(14)19)22(25)23(12-16-9-10-16)13-17-6-4-7-18(24)11-17/h3-8,11,16,24H,9-10,12-13H2,1-2H3. The minimum absolute atomic E-state index is 0.0756. The number of furan rings is 1. The van der Waals surface area contributed by atoms with E-state index < -0.39 is 0 Å². The van der Waals surface area contributed by atoms with Crippen LogP contribution in [0.15, 0.2) is 46.9 Å². The number of aromatic hydroxyl groups is 1. The first-order valence-corrected chi connectivity index (χ1v) is 9.09. The van der Waals surface area contributed by atoms with Crippen molar-refractivity contribution in [1.82, 2.24) is 4.90 Å². The highest BCUT2D eigenvalue weighted by atomic mass is 16.3. The van der Waals surface area contributed by atoms with Gasteiger partial charge in [0.25, 0.3) is 5.91 Å². The molecule has 2 aromatic carbocycles. The van der Waals surface area contributed by atoms with E-state index >= 15 is 0 Å². The predicted molar refractivity (Wildman–Crippen MR) is 101 cm³/mol. The Bertz CT molecular complexity index is 969. The van der Waals surface area contributed by atoms with Crippen LogP contribution in [0.2, 0.25) is 0 Å². The van der Waals surface area contributed by atoms with Crippen molar-refractivity contribution in [1.29, 1.82) is 0 Å². The van der Waals surface area contributed by atoms with Crippen LogP contribution in [0, 0.1) is 19.8 Å². The summed E-state index contributed by atoms with van der Waals surface area (Å²) in [4.78, 5) is 15.1. The molecule has 1 fully saturated rings. The van der Waals surface area contributed by atoms with Crippen LogP contribution in [0.4, 0.5) is 0 Å². The van der Waals surface area contributed by atoms with Gasteiger partial charge in [-0.3, -0.25) is 4.79 Å². The molecule has 1 saturated carbocycles. The molecule has 0 bridgehead atoms. The van der Waals surface area contributed by atoms with Crippen molar-refractivity contribution in [2.75, 3.05) is 6.54 Å². The van der Waals surface area contributed by atoms with Crippen molar-refractivity contribution in [2.45, 2.75) is 33.2 Å². The molecule has 0 spiro atoms. The molecule has 0 radical (unpaired) electrons. The lowest BCUT2D eigenvalue weighted by Gasteiger charge is -2.22. The third-order valence-corrected chi connectivity index (χ3v) is 5.10. The number of hydrogen-bond donors (Lipinski definition) is 1. The molecule has 134 valence electrons. The van der Waals surface area contributed by atoms with E-state index in [-0.39, 0.29) is 11.7 Å². The minimum atomic E-state index is -0.0756. The molecule has 1 N–H and O–H groups in total. The number of aryl methyl sites for hydroxylation is 2. The van der Waals surface area contributed by atoms with Crippen LogP contribution >= 0.6 is 0 Å². The average molecular weight is 349 g/mol. The fraction of sp³-hybridized carbons (Fsp3) is 0.318. The smallest absolute Gasteiger partial charge is 0.290 e. The Hall–Kier alpha value is -2.75. The topological polar surface area (TPSA) is 53.7 Å². The number of fused-ring (bicyclic) bond motifs is 1. The molecule has 4 nitrogen and oxygen atoms in total. The Labute approximate surface area is 153 Å². The van der Waals surface area contributed by atoms with Gasteiger partial charge >= 0.3 is 0 Å². The van der Waals surface area contributed by atoms with Crippen molar-refractivity contribution < 1.29 is 14.3 Å². The van der Waals surface area contributed by atoms with E-state index in [4.69, 9.17) is 4.42 Å². The van der Waals surface area contributed by atoms with Crippen LogP contribution in [0.3, 0.4) is 0 Å². The number of rotatable bonds is 5. The molecule has 1 aliphatic rings. The van der Waals surface area contributed by atoms with Crippen molar-refractivity contribution in [3.05, 3.63) is 64.9 Å². The maximum absolute atomic E-state index is 13.3. The Morgan fingerprint density at radius 1 is 1.19 bits per heavy atom. The number of para-hydroxylation sites is 1.